The van der Waals surface area contributed by atoms with E-state index in [1.165, 1.54) is 43.8 Å². The van der Waals surface area contributed by atoms with Crippen LogP contribution in [0.25, 0.3) is 21.5 Å². The zero-order valence-electron chi connectivity index (χ0n) is 20.0. The fourth-order valence-electron chi connectivity index (χ4n) is 3.51. The molecule has 0 bridgehead atoms. The third kappa shape index (κ3) is 9.02. The van der Waals surface area contributed by atoms with Gasteiger partial charge in [-0.2, -0.15) is 24.3 Å². The van der Waals surface area contributed by atoms with Gasteiger partial charge in [0.25, 0.3) is 0 Å². The summed E-state index contributed by atoms with van der Waals surface area (Å²) in [6.07, 6.45) is 0. The van der Waals surface area contributed by atoms with E-state index in [1.807, 2.05) is 30.3 Å². The van der Waals surface area contributed by atoms with E-state index in [4.69, 9.17) is 0 Å². The number of fused-ring (bicyclic) bond motifs is 2. The van der Waals surface area contributed by atoms with Crippen LogP contribution in [0.5, 0.6) is 0 Å². The van der Waals surface area contributed by atoms with E-state index in [0.29, 0.717) is 0 Å². The SMILES string of the molecule is Cc1ccc(C)c2[cH-]ccc12.Cc1ccc(C)c2[cH-]ccc12.Cl.Cl.[CH3-].[Si]c1ccccc1.[Zr+3]. The average molecular weight is 571 g/mol. The van der Waals surface area contributed by atoms with Crippen LogP contribution in [-0.2, 0) is 26.2 Å². The summed E-state index contributed by atoms with van der Waals surface area (Å²) >= 11 is 0. The molecule has 0 saturated heterocycles. The topological polar surface area (TPSA) is 0 Å². The second-order valence-corrected chi connectivity index (χ2v) is 8.05. The Balaban J connectivity index is 0. The first-order chi connectivity index (χ1) is 14.0. The number of hydrogen-bond acceptors (Lipinski definition) is 0. The molecule has 4 radical (unpaired) electrons. The second-order valence-electron chi connectivity index (χ2n) is 7.47. The van der Waals surface area contributed by atoms with Crippen molar-refractivity contribution in [3.8, 4) is 0 Å². The van der Waals surface area contributed by atoms with E-state index >= 15 is 0 Å². The van der Waals surface area contributed by atoms with Crippen molar-refractivity contribution in [3.63, 3.8) is 0 Å². The molecule has 0 aliphatic heterocycles. The third-order valence-corrected chi connectivity index (χ3v) is 5.61. The normalized spacial score (nSPS) is 9.00. The van der Waals surface area contributed by atoms with Gasteiger partial charge in [0.05, 0.1) is 10.2 Å². The van der Waals surface area contributed by atoms with Crippen molar-refractivity contribution < 1.29 is 26.2 Å². The molecule has 33 heavy (non-hydrogen) atoms. The minimum Gasteiger partial charge on any atom is -0.358 e. The molecule has 0 aliphatic rings. The molecule has 0 amide bonds. The van der Waals surface area contributed by atoms with Crippen molar-refractivity contribution in [2.45, 2.75) is 27.7 Å². The monoisotopic (exact) mass is 568 g/mol. The van der Waals surface area contributed by atoms with Crippen LogP contribution in [0.3, 0.4) is 0 Å². The molecule has 0 unspecified atom stereocenters. The van der Waals surface area contributed by atoms with E-state index in [1.54, 1.807) is 0 Å². The van der Waals surface area contributed by atoms with Crippen LogP contribution in [0, 0.1) is 35.1 Å². The Bertz CT molecular complexity index is 1060. The van der Waals surface area contributed by atoms with Crippen LogP contribution < -0.4 is 5.19 Å². The Hall–Kier alpha value is -1.44. The number of halogens is 2. The summed E-state index contributed by atoms with van der Waals surface area (Å²) in [7, 11) is 3.36. The van der Waals surface area contributed by atoms with E-state index in [0.717, 1.165) is 5.19 Å². The summed E-state index contributed by atoms with van der Waals surface area (Å²) in [5.41, 5.74) is 5.48. The van der Waals surface area contributed by atoms with Crippen molar-refractivity contribution in [3.05, 3.63) is 121 Å². The van der Waals surface area contributed by atoms with Gasteiger partial charge in [0.1, 0.15) is 0 Å². The van der Waals surface area contributed by atoms with Crippen LogP contribution in [0.1, 0.15) is 22.3 Å². The minimum atomic E-state index is 0. The maximum Gasteiger partial charge on any atom is 3.00 e. The van der Waals surface area contributed by atoms with E-state index < -0.39 is 0 Å². The van der Waals surface area contributed by atoms with Crippen LogP contribution in [-0.4, -0.2) is 10.2 Å². The van der Waals surface area contributed by atoms with Gasteiger partial charge >= 0.3 is 26.2 Å². The molecule has 0 heterocycles. The first kappa shape index (κ1) is 33.7. The summed E-state index contributed by atoms with van der Waals surface area (Å²) in [4.78, 5) is 0. The van der Waals surface area contributed by atoms with Crippen molar-refractivity contribution in [1.82, 2.24) is 0 Å². The van der Waals surface area contributed by atoms with Gasteiger partial charge < -0.3 is 7.43 Å². The minimum absolute atomic E-state index is 0. The fourth-order valence-corrected chi connectivity index (χ4v) is 3.71. The number of hydrogen-bond donors (Lipinski definition) is 0. The average Bonchev–Trinajstić information content (AvgIpc) is 3.40. The van der Waals surface area contributed by atoms with Gasteiger partial charge in [-0.1, -0.05) is 72.6 Å². The van der Waals surface area contributed by atoms with Gasteiger partial charge in [-0.15, -0.1) is 81.8 Å². The van der Waals surface area contributed by atoms with Crippen LogP contribution in [0.15, 0.2) is 91.0 Å². The predicted molar refractivity (Wildman–Crippen MR) is 151 cm³/mol. The zero-order chi connectivity index (χ0) is 20.8. The van der Waals surface area contributed by atoms with Gasteiger partial charge in [-0.3, -0.25) is 0 Å². The molecule has 0 fully saturated rings. The molecule has 0 aliphatic carbocycles. The molecule has 4 heteroatoms. The van der Waals surface area contributed by atoms with Gasteiger partial charge in [-0.25, -0.2) is 0 Å². The van der Waals surface area contributed by atoms with E-state index in [2.05, 4.69) is 98.6 Å². The fraction of sp³-hybridized carbons (Fsp3) is 0.138. The molecular formula is C29H32Cl2SiZr. The quantitative estimate of drug-likeness (QED) is 0.130. The summed E-state index contributed by atoms with van der Waals surface area (Å²) in [6, 6.07) is 31.6. The van der Waals surface area contributed by atoms with E-state index in [-0.39, 0.29) is 58.4 Å². The number of benzene rings is 3. The van der Waals surface area contributed by atoms with E-state index in [9.17, 15) is 0 Å². The molecule has 0 aromatic heterocycles. The molecular weight excluding hydrogens is 539 g/mol. The number of aryl methyl sites for hydroxylation is 4. The van der Waals surface area contributed by atoms with Crippen LogP contribution in [0.4, 0.5) is 0 Å². The molecule has 0 spiro atoms. The standard InChI is InChI=1S/2C11H11.C6H5Si.CH3.2ClH.Zr/c2*1-8-6-7-9(2)11-5-3-4-10(8)11;7-6-4-2-1-3-5-6;;;;/h2*3-7H,1-2H3;1-5H;1H3;2*1H;/q2*-1;;-1;;;+3. The summed E-state index contributed by atoms with van der Waals surface area (Å²) in [5, 5.41) is 6.70. The first-order valence-corrected chi connectivity index (χ1v) is 10.5. The van der Waals surface area contributed by atoms with Gasteiger partial charge in [0, 0.05) is 0 Å². The number of rotatable bonds is 0. The van der Waals surface area contributed by atoms with Gasteiger partial charge in [-0.05, 0) is 13.8 Å². The smallest absolute Gasteiger partial charge is 0.358 e. The van der Waals surface area contributed by atoms with Crippen molar-refractivity contribution >= 4 is 61.8 Å². The maximum atomic E-state index is 3.36. The Kier molecular flexibility index (Phi) is 16.6. The van der Waals surface area contributed by atoms with Gasteiger partial charge in [0.2, 0.25) is 0 Å². The third-order valence-electron chi connectivity index (χ3n) is 5.27. The Morgan fingerprint density at radius 1 is 0.545 bits per heavy atom. The molecule has 170 valence electrons. The second kappa shape index (κ2) is 16.2. The molecule has 5 aromatic carbocycles. The Morgan fingerprint density at radius 3 is 1.21 bits per heavy atom. The molecule has 5 aromatic rings. The Morgan fingerprint density at radius 2 is 0.909 bits per heavy atom. The van der Waals surface area contributed by atoms with Crippen LogP contribution in [0.2, 0.25) is 0 Å². The Labute approximate surface area is 234 Å². The molecule has 0 nitrogen and oxygen atoms in total. The van der Waals surface area contributed by atoms with Crippen molar-refractivity contribution in [2.24, 2.45) is 0 Å². The van der Waals surface area contributed by atoms with Crippen molar-refractivity contribution in [2.75, 3.05) is 0 Å². The molecule has 5 rings (SSSR count). The molecule has 0 N–H and O–H groups in total. The zero-order valence-corrected chi connectivity index (χ0v) is 25.1. The summed E-state index contributed by atoms with van der Waals surface area (Å²) in [5.74, 6) is 0. The van der Waals surface area contributed by atoms with Crippen LogP contribution >= 0.6 is 24.8 Å². The maximum absolute atomic E-state index is 3.36. The largest absolute Gasteiger partial charge is 3.00 e. The predicted octanol–water partition coefficient (Wildman–Crippen LogP) is 8.12. The molecule has 0 atom stereocenters. The molecule has 0 saturated carbocycles. The van der Waals surface area contributed by atoms with Gasteiger partial charge in [0.15, 0.2) is 0 Å². The first-order valence-electron chi connectivity index (χ1n) is 9.97. The summed E-state index contributed by atoms with van der Waals surface area (Å²) < 4.78 is 0. The summed E-state index contributed by atoms with van der Waals surface area (Å²) in [6.45, 7) is 8.62. The van der Waals surface area contributed by atoms with Crippen molar-refractivity contribution in [1.29, 1.82) is 0 Å².